The van der Waals surface area contributed by atoms with Gasteiger partial charge in [-0.1, -0.05) is 0 Å². The number of thiazole rings is 1. The van der Waals surface area contributed by atoms with Crippen molar-refractivity contribution in [1.29, 1.82) is 0 Å². The van der Waals surface area contributed by atoms with Crippen molar-refractivity contribution in [1.82, 2.24) is 15.0 Å². The highest BCUT2D eigenvalue weighted by atomic mass is 32.2. The number of aromatic nitrogens is 3. The van der Waals surface area contributed by atoms with Crippen molar-refractivity contribution in [3.63, 3.8) is 0 Å². The lowest BCUT2D eigenvalue weighted by atomic mass is 10.3. The third kappa shape index (κ3) is 3.01. The standard InChI is InChI=1S/C9H7N3O2S2/c13-8(14)3-6-4-15-9(12-6)16-7-1-2-10-5-11-7/h1-2,4-5H,3H2,(H,13,14). The van der Waals surface area contributed by atoms with E-state index in [1.165, 1.54) is 29.4 Å². The summed E-state index contributed by atoms with van der Waals surface area (Å²) in [5.41, 5.74) is 0.578. The number of rotatable bonds is 4. The van der Waals surface area contributed by atoms with Gasteiger partial charge in [0.15, 0.2) is 4.34 Å². The van der Waals surface area contributed by atoms with Crippen LogP contribution in [0, 0.1) is 0 Å². The second-order valence-corrected chi connectivity index (χ2v) is 4.95. The summed E-state index contributed by atoms with van der Waals surface area (Å²) in [4.78, 5) is 22.5. The van der Waals surface area contributed by atoms with E-state index in [-0.39, 0.29) is 6.42 Å². The molecule has 0 spiro atoms. The smallest absolute Gasteiger partial charge is 0.309 e. The molecule has 0 aliphatic carbocycles. The van der Waals surface area contributed by atoms with Crippen LogP contribution in [0.5, 0.6) is 0 Å². The highest BCUT2D eigenvalue weighted by Gasteiger charge is 2.07. The zero-order valence-corrected chi connectivity index (χ0v) is 9.66. The zero-order chi connectivity index (χ0) is 11.4. The third-order valence-electron chi connectivity index (χ3n) is 1.61. The van der Waals surface area contributed by atoms with Crippen LogP contribution in [0.2, 0.25) is 0 Å². The maximum atomic E-state index is 10.5. The van der Waals surface area contributed by atoms with Crippen LogP contribution in [0.1, 0.15) is 5.69 Å². The summed E-state index contributed by atoms with van der Waals surface area (Å²) in [5, 5.41) is 11.1. The number of aliphatic carboxylic acids is 1. The molecule has 0 aliphatic rings. The van der Waals surface area contributed by atoms with Crippen LogP contribution in [0.15, 0.2) is 33.3 Å². The maximum absolute atomic E-state index is 10.5. The Morgan fingerprint density at radius 2 is 2.44 bits per heavy atom. The van der Waals surface area contributed by atoms with Gasteiger partial charge in [0, 0.05) is 11.6 Å². The van der Waals surface area contributed by atoms with Crippen LogP contribution in [0.4, 0.5) is 0 Å². The molecule has 7 heteroatoms. The minimum absolute atomic E-state index is 0.0408. The normalized spacial score (nSPS) is 10.2. The molecule has 2 heterocycles. The number of nitrogens with zero attached hydrogens (tertiary/aromatic N) is 3. The van der Waals surface area contributed by atoms with Gasteiger partial charge in [-0.05, 0) is 17.8 Å². The fourth-order valence-corrected chi connectivity index (χ4v) is 2.71. The number of hydrogen-bond acceptors (Lipinski definition) is 6. The highest BCUT2D eigenvalue weighted by Crippen LogP contribution is 2.28. The Morgan fingerprint density at radius 1 is 1.56 bits per heavy atom. The molecule has 2 aromatic heterocycles. The van der Waals surface area contributed by atoms with Gasteiger partial charge in [-0.25, -0.2) is 15.0 Å². The molecule has 2 rings (SSSR count). The first-order valence-electron chi connectivity index (χ1n) is 4.34. The van der Waals surface area contributed by atoms with Crippen molar-refractivity contribution in [2.24, 2.45) is 0 Å². The molecule has 0 amide bonds. The van der Waals surface area contributed by atoms with E-state index in [2.05, 4.69) is 15.0 Å². The average molecular weight is 253 g/mol. The lowest BCUT2D eigenvalue weighted by Crippen LogP contribution is -1.99. The van der Waals surface area contributed by atoms with E-state index >= 15 is 0 Å². The Balaban J connectivity index is 2.06. The van der Waals surface area contributed by atoms with Crippen molar-refractivity contribution >= 4 is 29.1 Å². The quantitative estimate of drug-likeness (QED) is 0.836. The minimum atomic E-state index is -0.871. The van der Waals surface area contributed by atoms with Gasteiger partial charge in [0.1, 0.15) is 11.4 Å². The van der Waals surface area contributed by atoms with Gasteiger partial charge >= 0.3 is 5.97 Å². The van der Waals surface area contributed by atoms with Crippen molar-refractivity contribution in [2.75, 3.05) is 0 Å². The summed E-state index contributed by atoms with van der Waals surface area (Å²) in [6, 6.07) is 1.78. The lowest BCUT2D eigenvalue weighted by molar-refractivity contribution is -0.136. The largest absolute Gasteiger partial charge is 0.481 e. The van der Waals surface area contributed by atoms with Crippen LogP contribution in [0.25, 0.3) is 0 Å². The molecular weight excluding hydrogens is 246 g/mol. The third-order valence-corrected chi connectivity index (χ3v) is 3.55. The molecule has 1 N–H and O–H groups in total. The summed E-state index contributed by atoms with van der Waals surface area (Å²) in [6.07, 6.45) is 3.08. The second kappa shape index (κ2) is 5.04. The molecule has 0 bridgehead atoms. The molecule has 0 atom stereocenters. The van der Waals surface area contributed by atoms with E-state index in [1.54, 1.807) is 17.6 Å². The van der Waals surface area contributed by atoms with Crippen LogP contribution in [-0.4, -0.2) is 26.0 Å². The van der Waals surface area contributed by atoms with Gasteiger partial charge in [-0.15, -0.1) is 11.3 Å². The van der Waals surface area contributed by atoms with Crippen molar-refractivity contribution < 1.29 is 9.90 Å². The molecule has 0 aliphatic heterocycles. The summed E-state index contributed by atoms with van der Waals surface area (Å²) in [7, 11) is 0. The fraction of sp³-hybridized carbons (Fsp3) is 0.111. The van der Waals surface area contributed by atoms with E-state index in [4.69, 9.17) is 5.11 Å². The molecule has 5 nitrogen and oxygen atoms in total. The Hall–Kier alpha value is -1.47. The molecule has 2 aromatic rings. The van der Waals surface area contributed by atoms with Crippen molar-refractivity contribution in [2.45, 2.75) is 15.8 Å². The van der Waals surface area contributed by atoms with Crippen molar-refractivity contribution in [3.05, 3.63) is 29.7 Å². The SMILES string of the molecule is O=C(O)Cc1csc(Sc2ccncn2)n1. The summed E-state index contributed by atoms with van der Waals surface area (Å²) in [5.74, 6) is -0.871. The van der Waals surface area contributed by atoms with E-state index in [0.29, 0.717) is 5.69 Å². The Morgan fingerprint density at radius 3 is 3.12 bits per heavy atom. The highest BCUT2D eigenvalue weighted by molar-refractivity contribution is 8.00. The van der Waals surface area contributed by atoms with Gasteiger partial charge in [-0.2, -0.15) is 0 Å². The topological polar surface area (TPSA) is 76.0 Å². The van der Waals surface area contributed by atoms with Crippen LogP contribution < -0.4 is 0 Å². The summed E-state index contributed by atoms with van der Waals surface area (Å²) in [6.45, 7) is 0. The molecule has 0 saturated carbocycles. The predicted octanol–water partition coefficient (Wildman–Crippen LogP) is 1.71. The Kier molecular flexibility index (Phi) is 3.47. The number of carbonyl (C=O) groups is 1. The van der Waals surface area contributed by atoms with Gasteiger partial charge in [0.25, 0.3) is 0 Å². The first-order valence-corrected chi connectivity index (χ1v) is 6.04. The van der Waals surface area contributed by atoms with Gasteiger partial charge in [-0.3, -0.25) is 4.79 Å². The van der Waals surface area contributed by atoms with E-state index in [1.807, 2.05) is 0 Å². The monoisotopic (exact) mass is 253 g/mol. The lowest BCUT2D eigenvalue weighted by Gasteiger charge is -1.93. The van der Waals surface area contributed by atoms with E-state index in [9.17, 15) is 4.79 Å². The molecule has 0 radical (unpaired) electrons. The number of hydrogen-bond donors (Lipinski definition) is 1. The average Bonchev–Trinajstić information content (AvgIpc) is 2.66. The number of carboxylic acid groups (broad SMARTS) is 1. The van der Waals surface area contributed by atoms with Crippen LogP contribution in [-0.2, 0) is 11.2 Å². The minimum Gasteiger partial charge on any atom is -0.481 e. The first-order chi connectivity index (χ1) is 7.74. The molecular formula is C9H7N3O2S2. The second-order valence-electron chi connectivity index (χ2n) is 2.82. The van der Waals surface area contributed by atoms with E-state index < -0.39 is 5.97 Å². The van der Waals surface area contributed by atoms with E-state index in [0.717, 1.165) is 9.37 Å². The summed E-state index contributed by atoms with van der Waals surface area (Å²) >= 11 is 2.81. The van der Waals surface area contributed by atoms with Gasteiger partial charge < -0.3 is 5.11 Å². The number of carboxylic acids is 1. The molecule has 0 saturated heterocycles. The predicted molar refractivity (Wildman–Crippen MR) is 59.6 cm³/mol. The molecule has 0 unspecified atom stereocenters. The van der Waals surface area contributed by atoms with Crippen LogP contribution in [0.3, 0.4) is 0 Å². The molecule has 0 fully saturated rings. The molecule has 16 heavy (non-hydrogen) atoms. The fourth-order valence-electron chi connectivity index (χ4n) is 1.000. The van der Waals surface area contributed by atoms with Gasteiger partial charge in [0.05, 0.1) is 12.1 Å². The van der Waals surface area contributed by atoms with Crippen molar-refractivity contribution in [3.8, 4) is 0 Å². The Labute approximate surface area is 99.6 Å². The zero-order valence-electron chi connectivity index (χ0n) is 8.03. The summed E-state index contributed by atoms with van der Waals surface area (Å²) < 4.78 is 0.787. The maximum Gasteiger partial charge on any atom is 0.309 e. The van der Waals surface area contributed by atoms with Gasteiger partial charge in [0.2, 0.25) is 0 Å². The van der Waals surface area contributed by atoms with Crippen LogP contribution >= 0.6 is 23.1 Å². The Bertz CT molecular complexity index is 487. The first kappa shape index (κ1) is 11.0. The molecule has 82 valence electrons. The molecule has 0 aromatic carbocycles.